The molecule has 0 radical (unpaired) electrons. The number of benzene rings is 1. The average Bonchev–Trinajstić information content (AvgIpc) is 2.40. The number of hydrogen-bond acceptors (Lipinski definition) is 2. The molecule has 0 bridgehead atoms. The summed E-state index contributed by atoms with van der Waals surface area (Å²) in [6.45, 7) is 0.0518. The van der Waals surface area contributed by atoms with E-state index in [0.29, 0.717) is 28.7 Å². The summed E-state index contributed by atoms with van der Waals surface area (Å²) in [7, 11) is 0. The number of alkyl halides is 3. The van der Waals surface area contributed by atoms with Crippen LogP contribution in [0.2, 0.25) is 0 Å². The van der Waals surface area contributed by atoms with Crippen LogP contribution in [0.3, 0.4) is 0 Å². The smallest absolute Gasteiger partial charge is 0.393 e. The van der Waals surface area contributed by atoms with Crippen molar-refractivity contribution in [2.45, 2.75) is 19.0 Å². The van der Waals surface area contributed by atoms with Crippen molar-refractivity contribution in [1.82, 2.24) is 4.90 Å². The van der Waals surface area contributed by atoms with Crippen LogP contribution in [-0.2, 0) is 0 Å². The maximum Gasteiger partial charge on any atom is 0.393 e. The lowest BCUT2D eigenvalue weighted by molar-refractivity contribution is -0.184. The van der Waals surface area contributed by atoms with E-state index in [1.807, 2.05) is 0 Å². The van der Waals surface area contributed by atoms with Gasteiger partial charge in [0.2, 0.25) is 0 Å². The maximum absolute atomic E-state index is 12.8. The maximum atomic E-state index is 12.8. The molecule has 0 aliphatic carbocycles. The van der Waals surface area contributed by atoms with Crippen molar-refractivity contribution < 1.29 is 18.0 Å². The molecule has 3 nitrogen and oxygen atoms in total. The zero-order chi connectivity index (χ0) is 14.9. The lowest BCUT2D eigenvalue weighted by Crippen LogP contribution is -2.44. The van der Waals surface area contributed by atoms with E-state index in [4.69, 9.17) is 5.73 Å². The fourth-order valence-electron chi connectivity index (χ4n) is 2.31. The number of carbonyl (C=O) groups excluding carboxylic acids is 1. The Morgan fingerprint density at radius 1 is 1.40 bits per heavy atom. The molecule has 0 aromatic heterocycles. The highest BCUT2D eigenvalue weighted by Crippen LogP contribution is 2.34. The Balaban J connectivity index is 2.19. The van der Waals surface area contributed by atoms with Crippen LogP contribution in [0.25, 0.3) is 0 Å². The SMILES string of the molecule is Nc1cccc(C(=O)N2CCCC(C(F)(F)F)C2)c1Br. The van der Waals surface area contributed by atoms with Crippen molar-refractivity contribution in [3.05, 3.63) is 28.2 Å². The largest absolute Gasteiger partial charge is 0.398 e. The second kappa shape index (κ2) is 5.63. The average molecular weight is 351 g/mol. The molecule has 0 saturated carbocycles. The molecule has 2 N–H and O–H groups in total. The van der Waals surface area contributed by atoms with E-state index in [0.717, 1.165) is 0 Å². The first-order chi connectivity index (χ1) is 9.30. The van der Waals surface area contributed by atoms with E-state index in [1.165, 1.54) is 4.90 Å². The second-order valence-electron chi connectivity index (χ2n) is 4.84. The number of amides is 1. The van der Waals surface area contributed by atoms with Gasteiger partial charge in [-0.25, -0.2) is 0 Å². The molecule has 1 amide bonds. The first-order valence-corrected chi connectivity index (χ1v) is 7.00. The molecule has 7 heteroatoms. The summed E-state index contributed by atoms with van der Waals surface area (Å²) in [6.07, 6.45) is -3.83. The van der Waals surface area contributed by atoms with E-state index >= 15 is 0 Å². The minimum absolute atomic E-state index is 0.0748. The number of likely N-dealkylation sites (tertiary alicyclic amines) is 1. The van der Waals surface area contributed by atoms with Gasteiger partial charge in [0.1, 0.15) is 0 Å². The van der Waals surface area contributed by atoms with Gasteiger partial charge >= 0.3 is 6.18 Å². The number of nitrogens with two attached hydrogens (primary N) is 1. The van der Waals surface area contributed by atoms with Crippen LogP contribution in [0, 0.1) is 5.92 Å². The van der Waals surface area contributed by atoms with Crippen molar-refractivity contribution in [3.63, 3.8) is 0 Å². The summed E-state index contributed by atoms with van der Waals surface area (Å²) in [5.74, 6) is -1.86. The first kappa shape index (κ1) is 15.2. The molecule has 1 atom stereocenters. The summed E-state index contributed by atoms with van der Waals surface area (Å²) in [5, 5.41) is 0. The van der Waals surface area contributed by atoms with Gasteiger partial charge in [0, 0.05) is 18.8 Å². The van der Waals surface area contributed by atoms with Gasteiger partial charge < -0.3 is 10.6 Å². The fourth-order valence-corrected chi connectivity index (χ4v) is 2.75. The van der Waals surface area contributed by atoms with Gasteiger partial charge in [-0.2, -0.15) is 13.2 Å². The van der Waals surface area contributed by atoms with Crippen molar-refractivity contribution in [2.24, 2.45) is 5.92 Å². The number of nitrogens with zero attached hydrogens (tertiary/aromatic N) is 1. The molecule has 1 heterocycles. The van der Waals surface area contributed by atoms with E-state index < -0.39 is 18.0 Å². The normalized spacial score (nSPS) is 20.0. The minimum Gasteiger partial charge on any atom is -0.398 e. The minimum atomic E-state index is -4.26. The van der Waals surface area contributed by atoms with Gasteiger partial charge in [0.15, 0.2) is 0 Å². The van der Waals surface area contributed by atoms with E-state index in [1.54, 1.807) is 18.2 Å². The summed E-state index contributed by atoms with van der Waals surface area (Å²) in [6, 6.07) is 4.79. The first-order valence-electron chi connectivity index (χ1n) is 6.20. The van der Waals surface area contributed by atoms with E-state index in [9.17, 15) is 18.0 Å². The Morgan fingerprint density at radius 2 is 2.10 bits per heavy atom. The van der Waals surface area contributed by atoms with Crippen molar-refractivity contribution in [2.75, 3.05) is 18.8 Å². The molecule has 1 aliphatic heterocycles. The van der Waals surface area contributed by atoms with Crippen molar-refractivity contribution in [3.8, 4) is 0 Å². The van der Waals surface area contributed by atoms with Crippen LogP contribution in [0.15, 0.2) is 22.7 Å². The monoisotopic (exact) mass is 350 g/mol. The third-order valence-corrected chi connectivity index (χ3v) is 4.32. The zero-order valence-electron chi connectivity index (χ0n) is 10.6. The highest BCUT2D eigenvalue weighted by atomic mass is 79.9. The highest BCUT2D eigenvalue weighted by Gasteiger charge is 2.42. The Kier molecular flexibility index (Phi) is 4.27. The Morgan fingerprint density at radius 3 is 2.75 bits per heavy atom. The van der Waals surface area contributed by atoms with Crippen LogP contribution in [0.1, 0.15) is 23.2 Å². The van der Waals surface area contributed by atoms with Crippen LogP contribution >= 0.6 is 15.9 Å². The molecular weight excluding hydrogens is 337 g/mol. The number of carbonyl (C=O) groups is 1. The molecule has 0 spiro atoms. The lowest BCUT2D eigenvalue weighted by atomic mass is 9.97. The fraction of sp³-hybridized carbons (Fsp3) is 0.462. The number of nitrogen functional groups attached to an aromatic ring is 1. The van der Waals surface area contributed by atoms with Crippen LogP contribution < -0.4 is 5.73 Å². The third kappa shape index (κ3) is 3.08. The van der Waals surface area contributed by atoms with Crippen LogP contribution in [0.4, 0.5) is 18.9 Å². The summed E-state index contributed by atoms with van der Waals surface area (Å²) >= 11 is 3.21. The summed E-state index contributed by atoms with van der Waals surface area (Å²) in [4.78, 5) is 13.6. The Hall–Kier alpha value is -1.24. The predicted molar refractivity (Wildman–Crippen MR) is 73.2 cm³/mol. The quantitative estimate of drug-likeness (QED) is 0.788. The van der Waals surface area contributed by atoms with Crippen LogP contribution in [0.5, 0.6) is 0 Å². The molecular formula is C13H14BrF3N2O. The van der Waals surface area contributed by atoms with Gasteiger partial charge in [-0.15, -0.1) is 0 Å². The number of halogens is 4. The number of hydrogen-bond donors (Lipinski definition) is 1. The van der Waals surface area contributed by atoms with Gasteiger partial charge in [0.25, 0.3) is 5.91 Å². The van der Waals surface area contributed by atoms with Gasteiger partial charge in [0.05, 0.1) is 16.0 Å². The Labute approximate surface area is 123 Å². The number of piperidine rings is 1. The lowest BCUT2D eigenvalue weighted by Gasteiger charge is -2.34. The highest BCUT2D eigenvalue weighted by molar-refractivity contribution is 9.10. The number of rotatable bonds is 1. The molecule has 1 saturated heterocycles. The standard InChI is InChI=1S/C13H14BrF3N2O/c14-11-9(4-1-5-10(11)18)12(20)19-6-2-3-8(7-19)13(15,16)17/h1,4-5,8H,2-3,6-7,18H2. The molecule has 110 valence electrons. The third-order valence-electron chi connectivity index (χ3n) is 3.43. The van der Waals surface area contributed by atoms with E-state index in [2.05, 4.69) is 15.9 Å². The summed E-state index contributed by atoms with van der Waals surface area (Å²) in [5.41, 5.74) is 6.37. The predicted octanol–water partition coefficient (Wildman–Crippen LogP) is 3.45. The van der Waals surface area contributed by atoms with Gasteiger partial charge in [-0.3, -0.25) is 4.79 Å². The topological polar surface area (TPSA) is 46.3 Å². The van der Waals surface area contributed by atoms with Crippen molar-refractivity contribution in [1.29, 1.82) is 0 Å². The molecule has 1 fully saturated rings. The number of anilines is 1. The van der Waals surface area contributed by atoms with Crippen molar-refractivity contribution >= 4 is 27.5 Å². The molecule has 1 unspecified atom stereocenters. The van der Waals surface area contributed by atoms with Gasteiger partial charge in [-0.05, 0) is 40.9 Å². The molecule has 1 aliphatic rings. The van der Waals surface area contributed by atoms with E-state index in [-0.39, 0.29) is 13.0 Å². The van der Waals surface area contributed by atoms with Crippen LogP contribution in [-0.4, -0.2) is 30.1 Å². The molecule has 1 aromatic rings. The zero-order valence-corrected chi connectivity index (χ0v) is 12.2. The van der Waals surface area contributed by atoms with Gasteiger partial charge in [-0.1, -0.05) is 6.07 Å². The Bertz CT molecular complexity index is 519. The molecule has 20 heavy (non-hydrogen) atoms. The molecule has 2 rings (SSSR count). The molecule has 1 aromatic carbocycles. The summed E-state index contributed by atoms with van der Waals surface area (Å²) < 4.78 is 38.7. The second-order valence-corrected chi connectivity index (χ2v) is 5.63.